The number of carbonyl (C=O) groups is 1. The average molecular weight is 465 g/mol. The first kappa shape index (κ1) is 23.3. The summed E-state index contributed by atoms with van der Waals surface area (Å²) in [5.41, 5.74) is 5.82. The molecule has 10 heteroatoms. The highest BCUT2D eigenvalue weighted by Gasteiger charge is 2.26. The van der Waals surface area contributed by atoms with E-state index in [9.17, 15) is 14.4 Å². The summed E-state index contributed by atoms with van der Waals surface area (Å²) >= 11 is 0. The minimum Gasteiger partial charge on any atom is -0.497 e. The Kier molecular flexibility index (Phi) is 6.56. The van der Waals surface area contributed by atoms with Crippen LogP contribution in [0.3, 0.4) is 0 Å². The van der Waals surface area contributed by atoms with E-state index in [2.05, 4.69) is 16.8 Å². The van der Waals surface area contributed by atoms with E-state index in [0.29, 0.717) is 23.8 Å². The number of fused-ring (bicyclic) bond motifs is 1. The van der Waals surface area contributed by atoms with E-state index in [1.807, 2.05) is 4.90 Å². The zero-order chi connectivity index (χ0) is 24.4. The lowest BCUT2D eigenvalue weighted by atomic mass is 10.1. The Morgan fingerprint density at radius 2 is 2.09 bits per heavy atom. The van der Waals surface area contributed by atoms with Crippen molar-refractivity contribution in [2.45, 2.75) is 38.9 Å². The predicted molar refractivity (Wildman–Crippen MR) is 129 cm³/mol. The zero-order valence-electron chi connectivity index (χ0n) is 19.6. The van der Waals surface area contributed by atoms with Crippen molar-refractivity contribution in [1.29, 1.82) is 0 Å². The molecule has 2 aromatic heterocycles. The van der Waals surface area contributed by atoms with Crippen LogP contribution in [0.25, 0.3) is 11.2 Å². The second-order valence-electron chi connectivity index (χ2n) is 8.33. The number of ether oxygens (including phenoxy) is 1. The summed E-state index contributed by atoms with van der Waals surface area (Å²) in [5, 5.41) is 0. The zero-order valence-corrected chi connectivity index (χ0v) is 19.6. The molecular weight excluding hydrogens is 436 g/mol. The minimum atomic E-state index is -0.609. The second kappa shape index (κ2) is 9.57. The molecule has 1 atom stereocenters. The Balaban J connectivity index is 1.85. The molecule has 34 heavy (non-hydrogen) atoms. The Morgan fingerprint density at radius 3 is 2.79 bits per heavy atom. The molecule has 0 spiro atoms. The standard InChI is InChI=1S/C24H28N6O4/c1-4-5-12-29-20-21(26-23(29)28-11-7-9-17(25)14-28)27(2)24(33)30(22(20)32)15-19(31)16-8-6-10-18(13-16)34-3/h6,8,10,13,17H,7,9,11-12,14-15,25H2,1-3H3. The lowest BCUT2D eigenvalue weighted by molar-refractivity contribution is 0.0968. The van der Waals surface area contributed by atoms with E-state index in [1.54, 1.807) is 42.8 Å². The van der Waals surface area contributed by atoms with Crippen LogP contribution in [0, 0.1) is 11.8 Å². The SMILES string of the molecule is CC#CCn1c(N2CCCC(N)C2)nc2c1c(=O)n(CC(=O)c1cccc(OC)c1)c(=O)n2C. The van der Waals surface area contributed by atoms with Gasteiger partial charge in [0.15, 0.2) is 16.9 Å². The molecule has 4 rings (SSSR count). The van der Waals surface area contributed by atoms with Crippen molar-refractivity contribution >= 4 is 22.9 Å². The molecule has 1 saturated heterocycles. The normalized spacial score (nSPS) is 15.8. The van der Waals surface area contributed by atoms with Crippen molar-refractivity contribution in [1.82, 2.24) is 18.7 Å². The van der Waals surface area contributed by atoms with Crippen molar-refractivity contribution < 1.29 is 9.53 Å². The number of carbonyl (C=O) groups excluding carboxylic acids is 1. The van der Waals surface area contributed by atoms with E-state index < -0.39 is 17.8 Å². The van der Waals surface area contributed by atoms with Crippen LogP contribution in [0.15, 0.2) is 33.9 Å². The number of imidazole rings is 1. The Hall–Kier alpha value is -3.84. The number of hydrogen-bond donors (Lipinski definition) is 1. The van der Waals surface area contributed by atoms with E-state index in [0.717, 1.165) is 24.0 Å². The minimum absolute atomic E-state index is 0.000217. The van der Waals surface area contributed by atoms with Gasteiger partial charge >= 0.3 is 5.69 Å². The summed E-state index contributed by atoms with van der Waals surface area (Å²) in [7, 11) is 3.05. The fraction of sp³-hybridized carbons (Fsp3) is 0.417. The van der Waals surface area contributed by atoms with Crippen LogP contribution in [0.4, 0.5) is 5.95 Å². The van der Waals surface area contributed by atoms with Crippen LogP contribution in [0.1, 0.15) is 30.1 Å². The number of nitrogens with two attached hydrogens (primary N) is 1. The molecule has 3 aromatic rings. The van der Waals surface area contributed by atoms with Gasteiger partial charge in [0.2, 0.25) is 5.95 Å². The number of hydrogen-bond acceptors (Lipinski definition) is 7. The van der Waals surface area contributed by atoms with Crippen LogP contribution in [-0.4, -0.2) is 50.7 Å². The first-order chi connectivity index (χ1) is 16.3. The third-order valence-electron chi connectivity index (χ3n) is 6.06. The fourth-order valence-electron chi connectivity index (χ4n) is 4.27. The van der Waals surface area contributed by atoms with Gasteiger partial charge in [0.25, 0.3) is 5.56 Å². The maximum absolute atomic E-state index is 13.6. The number of anilines is 1. The van der Waals surface area contributed by atoms with Crippen LogP contribution in [-0.2, 0) is 20.1 Å². The largest absolute Gasteiger partial charge is 0.497 e. The van der Waals surface area contributed by atoms with Crippen LogP contribution < -0.4 is 26.6 Å². The molecule has 2 N–H and O–H groups in total. The molecule has 1 fully saturated rings. The van der Waals surface area contributed by atoms with Gasteiger partial charge in [0, 0.05) is 31.7 Å². The van der Waals surface area contributed by atoms with Gasteiger partial charge < -0.3 is 15.4 Å². The lowest BCUT2D eigenvalue weighted by Gasteiger charge is -2.31. The lowest BCUT2D eigenvalue weighted by Crippen LogP contribution is -2.44. The van der Waals surface area contributed by atoms with Gasteiger partial charge in [-0.15, -0.1) is 5.92 Å². The van der Waals surface area contributed by atoms with E-state index in [-0.39, 0.29) is 29.5 Å². The first-order valence-electron chi connectivity index (χ1n) is 11.1. The Labute approximate surface area is 196 Å². The van der Waals surface area contributed by atoms with Gasteiger partial charge in [-0.3, -0.25) is 23.3 Å². The second-order valence-corrected chi connectivity index (χ2v) is 8.33. The van der Waals surface area contributed by atoms with Gasteiger partial charge in [-0.05, 0) is 31.9 Å². The monoisotopic (exact) mass is 464 g/mol. The van der Waals surface area contributed by atoms with Gasteiger partial charge in [0.1, 0.15) is 5.75 Å². The van der Waals surface area contributed by atoms with Crippen LogP contribution >= 0.6 is 0 Å². The highest BCUT2D eigenvalue weighted by atomic mass is 16.5. The first-order valence-corrected chi connectivity index (χ1v) is 11.1. The molecule has 1 aliphatic heterocycles. The quantitative estimate of drug-likeness (QED) is 0.422. The Morgan fingerprint density at radius 1 is 1.29 bits per heavy atom. The van der Waals surface area contributed by atoms with E-state index in [1.165, 1.54) is 11.7 Å². The maximum Gasteiger partial charge on any atom is 0.332 e. The van der Waals surface area contributed by atoms with Crippen molar-refractivity contribution in [3.8, 4) is 17.6 Å². The third-order valence-corrected chi connectivity index (χ3v) is 6.06. The molecule has 1 aliphatic rings. The molecule has 10 nitrogen and oxygen atoms in total. The predicted octanol–water partition coefficient (Wildman–Crippen LogP) is 0.739. The molecule has 3 heterocycles. The highest BCUT2D eigenvalue weighted by Crippen LogP contribution is 2.23. The van der Waals surface area contributed by atoms with Gasteiger partial charge in [0.05, 0.1) is 20.2 Å². The van der Waals surface area contributed by atoms with Crippen molar-refractivity contribution in [2.24, 2.45) is 12.8 Å². The summed E-state index contributed by atoms with van der Waals surface area (Å²) in [4.78, 5) is 46.3. The van der Waals surface area contributed by atoms with Gasteiger partial charge in [-0.25, -0.2) is 4.79 Å². The van der Waals surface area contributed by atoms with E-state index in [4.69, 9.17) is 10.5 Å². The molecule has 1 unspecified atom stereocenters. The Bertz CT molecular complexity index is 1420. The number of Topliss-reactive ketones (excluding diaryl/α,β-unsaturated/α-hetero) is 1. The topological polar surface area (TPSA) is 117 Å². The van der Waals surface area contributed by atoms with Crippen molar-refractivity contribution in [2.75, 3.05) is 25.1 Å². The maximum atomic E-state index is 13.6. The number of ketones is 1. The summed E-state index contributed by atoms with van der Waals surface area (Å²) in [6, 6.07) is 6.60. The number of benzene rings is 1. The molecule has 0 radical (unpaired) electrons. The number of methoxy groups -OCH3 is 1. The fourth-order valence-corrected chi connectivity index (χ4v) is 4.27. The molecule has 0 saturated carbocycles. The third kappa shape index (κ3) is 4.22. The summed E-state index contributed by atoms with van der Waals surface area (Å²) in [6.07, 6.45) is 1.82. The molecular formula is C24H28N6O4. The molecule has 178 valence electrons. The van der Waals surface area contributed by atoms with Crippen LogP contribution in [0.2, 0.25) is 0 Å². The number of rotatable bonds is 6. The van der Waals surface area contributed by atoms with E-state index >= 15 is 0 Å². The van der Waals surface area contributed by atoms with Gasteiger partial charge in [-0.1, -0.05) is 18.1 Å². The molecule has 0 bridgehead atoms. The van der Waals surface area contributed by atoms with Gasteiger partial charge in [-0.2, -0.15) is 4.98 Å². The van der Waals surface area contributed by atoms with Crippen LogP contribution in [0.5, 0.6) is 5.75 Å². The summed E-state index contributed by atoms with van der Waals surface area (Å²) in [5.74, 6) is 6.53. The number of aromatic nitrogens is 4. The molecule has 0 aliphatic carbocycles. The molecule has 1 aromatic carbocycles. The highest BCUT2D eigenvalue weighted by molar-refractivity contribution is 5.96. The molecule has 0 amide bonds. The average Bonchev–Trinajstić information content (AvgIpc) is 3.23. The summed E-state index contributed by atoms with van der Waals surface area (Å²) in [6.45, 7) is 2.89. The number of nitrogens with zero attached hydrogens (tertiary/aromatic N) is 5. The number of piperidine rings is 1. The number of aryl methyl sites for hydroxylation is 1. The summed E-state index contributed by atoms with van der Waals surface area (Å²) < 4.78 is 9.15. The van der Waals surface area contributed by atoms with Crippen molar-refractivity contribution in [3.05, 3.63) is 50.7 Å². The smallest absolute Gasteiger partial charge is 0.332 e. The van der Waals surface area contributed by atoms with Crippen molar-refractivity contribution in [3.63, 3.8) is 0 Å².